The largest absolute Gasteiger partial charge is 0.496 e. The van der Waals surface area contributed by atoms with Gasteiger partial charge in [0.25, 0.3) is 5.91 Å². The summed E-state index contributed by atoms with van der Waals surface area (Å²) in [6.07, 6.45) is 1.71. The summed E-state index contributed by atoms with van der Waals surface area (Å²) in [6, 6.07) is 15.6. The molecule has 0 N–H and O–H groups in total. The highest BCUT2D eigenvalue weighted by Crippen LogP contribution is 2.31. The van der Waals surface area contributed by atoms with E-state index in [0.717, 1.165) is 21.9 Å². The van der Waals surface area contributed by atoms with Crippen molar-refractivity contribution in [2.45, 2.75) is 20.8 Å². The molecule has 0 atom stereocenters. The Labute approximate surface area is 166 Å². The molecule has 3 rings (SSSR count). The van der Waals surface area contributed by atoms with Crippen molar-refractivity contribution in [3.05, 3.63) is 66.0 Å². The molecule has 0 aliphatic carbocycles. The van der Waals surface area contributed by atoms with Gasteiger partial charge in [0, 0.05) is 18.9 Å². The van der Waals surface area contributed by atoms with Crippen LogP contribution in [0.1, 0.15) is 29.9 Å². The fourth-order valence-corrected chi connectivity index (χ4v) is 2.65. The summed E-state index contributed by atoms with van der Waals surface area (Å²) in [7, 11) is 4.61. The third-order valence-corrected chi connectivity index (χ3v) is 4.14. The van der Waals surface area contributed by atoms with Gasteiger partial charge < -0.3 is 4.74 Å². The third-order valence-electron chi connectivity index (χ3n) is 4.14. The van der Waals surface area contributed by atoms with Crippen molar-refractivity contribution in [3.63, 3.8) is 0 Å². The molecule has 0 bridgehead atoms. The number of hydrogen-bond donors (Lipinski definition) is 0. The van der Waals surface area contributed by atoms with E-state index >= 15 is 0 Å². The number of hydroxylamine groups is 2. The zero-order valence-electron chi connectivity index (χ0n) is 17.3. The molecule has 1 heterocycles. The number of aryl methyl sites for hydroxylation is 1. The minimum absolute atomic E-state index is 0.288. The predicted molar refractivity (Wildman–Crippen MR) is 111 cm³/mol. The number of methoxy groups -OCH3 is 1. The maximum absolute atomic E-state index is 12.5. The number of aromatic nitrogens is 2. The molecule has 0 aliphatic heterocycles. The third kappa shape index (κ3) is 4.40. The lowest BCUT2D eigenvalue weighted by atomic mass is 10.1. The van der Waals surface area contributed by atoms with E-state index < -0.39 is 0 Å². The number of amides is 1. The first-order chi connectivity index (χ1) is 13.5. The Balaban J connectivity index is 0.00000136. The second-order valence-corrected chi connectivity index (χ2v) is 5.84. The minimum atomic E-state index is -0.325. The summed E-state index contributed by atoms with van der Waals surface area (Å²) >= 11 is 0. The van der Waals surface area contributed by atoms with Crippen LogP contribution in [0.5, 0.6) is 5.75 Å². The van der Waals surface area contributed by atoms with E-state index in [2.05, 4.69) is 4.98 Å². The number of carbonyl (C=O) groups excluding carboxylic acids is 1. The second kappa shape index (κ2) is 9.71. The van der Waals surface area contributed by atoms with Gasteiger partial charge in [-0.1, -0.05) is 43.7 Å². The number of hydrogen-bond acceptors (Lipinski definition) is 4. The predicted octanol–water partition coefficient (Wildman–Crippen LogP) is 4.52. The molecule has 0 unspecified atom stereocenters. The van der Waals surface area contributed by atoms with Crippen LogP contribution in [0.2, 0.25) is 0 Å². The topological polar surface area (TPSA) is 56.6 Å². The van der Waals surface area contributed by atoms with Gasteiger partial charge in [-0.15, -0.1) is 0 Å². The SMILES string of the molecule is CC.COc1ccccc1-c1nc(C(=O)N(C)OC)cn1-c1ccc(C)cc1. The van der Waals surface area contributed by atoms with Gasteiger partial charge in [0.05, 0.1) is 19.8 Å². The van der Waals surface area contributed by atoms with Crippen LogP contribution in [-0.2, 0) is 4.84 Å². The van der Waals surface area contributed by atoms with Gasteiger partial charge in [-0.05, 0) is 31.2 Å². The summed E-state index contributed by atoms with van der Waals surface area (Å²) in [6.45, 7) is 6.03. The normalized spacial score (nSPS) is 10.1. The van der Waals surface area contributed by atoms with Crippen LogP contribution >= 0.6 is 0 Å². The van der Waals surface area contributed by atoms with Crippen molar-refractivity contribution in [2.24, 2.45) is 0 Å². The van der Waals surface area contributed by atoms with Crippen LogP contribution < -0.4 is 4.74 Å². The molecule has 3 aromatic rings. The Bertz CT molecular complexity index is 917. The van der Waals surface area contributed by atoms with E-state index in [9.17, 15) is 4.79 Å². The molecule has 28 heavy (non-hydrogen) atoms. The van der Waals surface area contributed by atoms with E-state index in [0.29, 0.717) is 11.6 Å². The van der Waals surface area contributed by atoms with Gasteiger partial charge in [0.1, 0.15) is 17.3 Å². The van der Waals surface area contributed by atoms with Crippen LogP contribution in [-0.4, -0.2) is 41.8 Å². The molecule has 0 fully saturated rings. The average molecular weight is 381 g/mol. The van der Waals surface area contributed by atoms with Crippen LogP contribution in [0.3, 0.4) is 0 Å². The summed E-state index contributed by atoms with van der Waals surface area (Å²) in [5.74, 6) is 0.985. The molecular weight excluding hydrogens is 354 g/mol. The Morgan fingerprint density at radius 3 is 2.29 bits per heavy atom. The first-order valence-corrected chi connectivity index (χ1v) is 9.17. The van der Waals surface area contributed by atoms with Gasteiger partial charge in [-0.3, -0.25) is 14.2 Å². The lowest BCUT2D eigenvalue weighted by molar-refractivity contribution is -0.0760. The van der Waals surface area contributed by atoms with Gasteiger partial charge in [-0.25, -0.2) is 10.0 Å². The van der Waals surface area contributed by atoms with E-state index in [1.807, 2.05) is 73.9 Å². The molecule has 1 aromatic heterocycles. The molecule has 0 radical (unpaired) electrons. The van der Waals surface area contributed by atoms with Crippen LogP contribution in [0.15, 0.2) is 54.7 Å². The lowest BCUT2D eigenvalue weighted by Crippen LogP contribution is -2.25. The molecular formula is C22H27N3O3. The van der Waals surface area contributed by atoms with Crippen LogP contribution in [0.25, 0.3) is 17.1 Å². The fraction of sp³-hybridized carbons (Fsp3) is 0.273. The van der Waals surface area contributed by atoms with Crippen molar-refractivity contribution in [1.29, 1.82) is 0 Å². The van der Waals surface area contributed by atoms with Gasteiger partial charge in [0.2, 0.25) is 0 Å². The number of para-hydroxylation sites is 1. The highest BCUT2D eigenvalue weighted by molar-refractivity contribution is 5.92. The standard InChI is InChI=1S/C20H21N3O3.C2H6/c1-14-9-11-15(12-10-14)23-13-17(20(24)22(2)26-4)21-19(23)16-7-5-6-8-18(16)25-3;1-2/h5-13H,1-4H3;1-2H3. The Morgan fingerprint density at radius 2 is 1.68 bits per heavy atom. The number of ether oxygens (including phenoxy) is 1. The number of nitrogens with zero attached hydrogens (tertiary/aromatic N) is 3. The molecule has 1 amide bonds. The molecule has 2 aromatic carbocycles. The Hall–Kier alpha value is -3.12. The lowest BCUT2D eigenvalue weighted by Gasteiger charge is -2.11. The molecule has 6 heteroatoms. The van der Waals surface area contributed by atoms with Crippen LogP contribution in [0, 0.1) is 6.92 Å². The van der Waals surface area contributed by atoms with E-state index in [1.165, 1.54) is 7.11 Å². The summed E-state index contributed by atoms with van der Waals surface area (Å²) in [5.41, 5.74) is 3.15. The van der Waals surface area contributed by atoms with Crippen molar-refractivity contribution in [2.75, 3.05) is 21.3 Å². The van der Waals surface area contributed by atoms with Gasteiger partial charge >= 0.3 is 0 Å². The maximum Gasteiger partial charge on any atom is 0.297 e. The molecule has 6 nitrogen and oxygen atoms in total. The quantitative estimate of drug-likeness (QED) is 0.610. The van der Waals surface area contributed by atoms with Crippen molar-refractivity contribution in [1.82, 2.24) is 14.6 Å². The maximum atomic E-state index is 12.5. The van der Waals surface area contributed by atoms with E-state index in [-0.39, 0.29) is 11.6 Å². The molecule has 148 valence electrons. The molecule has 0 saturated carbocycles. The smallest absolute Gasteiger partial charge is 0.297 e. The number of imidazole rings is 1. The first kappa shape index (κ1) is 21.2. The minimum Gasteiger partial charge on any atom is -0.496 e. The van der Waals surface area contributed by atoms with Crippen molar-refractivity contribution >= 4 is 5.91 Å². The summed E-state index contributed by atoms with van der Waals surface area (Å²) in [5, 5.41) is 1.15. The zero-order chi connectivity index (χ0) is 20.7. The van der Waals surface area contributed by atoms with Gasteiger partial charge in [-0.2, -0.15) is 0 Å². The molecule has 0 aliphatic rings. The number of rotatable bonds is 5. The highest BCUT2D eigenvalue weighted by atomic mass is 16.7. The summed E-state index contributed by atoms with van der Waals surface area (Å²) < 4.78 is 7.36. The monoisotopic (exact) mass is 381 g/mol. The highest BCUT2D eigenvalue weighted by Gasteiger charge is 2.21. The van der Waals surface area contributed by atoms with Crippen LogP contribution in [0.4, 0.5) is 0 Å². The molecule has 0 saturated heterocycles. The van der Waals surface area contributed by atoms with E-state index in [4.69, 9.17) is 9.57 Å². The average Bonchev–Trinajstić information content (AvgIpc) is 3.19. The summed E-state index contributed by atoms with van der Waals surface area (Å²) in [4.78, 5) is 22.1. The number of carbonyl (C=O) groups is 1. The van der Waals surface area contributed by atoms with Crippen molar-refractivity contribution < 1.29 is 14.4 Å². The zero-order valence-corrected chi connectivity index (χ0v) is 17.3. The Morgan fingerprint density at radius 1 is 1.04 bits per heavy atom. The van der Waals surface area contributed by atoms with Crippen molar-refractivity contribution in [3.8, 4) is 22.8 Å². The van der Waals surface area contributed by atoms with E-state index in [1.54, 1.807) is 20.4 Å². The fourth-order valence-electron chi connectivity index (χ4n) is 2.65. The first-order valence-electron chi connectivity index (χ1n) is 9.17. The second-order valence-electron chi connectivity index (χ2n) is 5.84. The molecule has 0 spiro atoms. The van der Waals surface area contributed by atoms with Gasteiger partial charge in [0.15, 0.2) is 0 Å². The number of benzene rings is 2. The Kier molecular flexibility index (Phi) is 7.35.